The standard InChI is InChI=1S/C14H18N4O3.C2H2O4/c19-11(8-17-4-6-21-7-5-17)9-18-10-16-13-12(14(18)20)2-1-3-15-13;3-1(4)2(5)6/h1-3,10-11,19H,4-9H2;(H,3,4)(H,5,6). The number of aromatic nitrogens is 3. The molecule has 0 saturated carbocycles. The molecule has 3 rings (SSSR count). The molecule has 1 atom stereocenters. The topological polar surface area (TPSA) is 155 Å². The van der Waals surface area contributed by atoms with E-state index < -0.39 is 18.0 Å². The number of hydrogen-bond donors (Lipinski definition) is 3. The lowest BCUT2D eigenvalue weighted by molar-refractivity contribution is -0.159. The molecule has 0 bridgehead atoms. The molecule has 0 aromatic carbocycles. The highest BCUT2D eigenvalue weighted by atomic mass is 16.5. The van der Waals surface area contributed by atoms with Gasteiger partial charge in [-0.25, -0.2) is 19.6 Å². The van der Waals surface area contributed by atoms with Crippen LogP contribution in [-0.4, -0.2) is 85.6 Å². The lowest BCUT2D eigenvalue weighted by atomic mass is 10.3. The smallest absolute Gasteiger partial charge is 0.414 e. The molecule has 3 heterocycles. The number of pyridine rings is 1. The fourth-order valence-corrected chi connectivity index (χ4v) is 2.49. The SMILES string of the molecule is O=C(O)C(=O)O.O=c1c2cccnc2ncn1CC(O)CN1CCOCC1. The fourth-order valence-electron chi connectivity index (χ4n) is 2.49. The third-order valence-electron chi connectivity index (χ3n) is 3.76. The molecule has 27 heavy (non-hydrogen) atoms. The molecule has 1 fully saturated rings. The van der Waals surface area contributed by atoms with Crippen LogP contribution >= 0.6 is 0 Å². The van der Waals surface area contributed by atoms with Gasteiger partial charge in [0.1, 0.15) is 6.33 Å². The maximum Gasteiger partial charge on any atom is 0.414 e. The van der Waals surface area contributed by atoms with Crippen molar-refractivity contribution in [3.63, 3.8) is 0 Å². The molecule has 1 aliphatic rings. The minimum Gasteiger partial charge on any atom is -0.473 e. The van der Waals surface area contributed by atoms with Crippen LogP contribution in [0.1, 0.15) is 0 Å². The van der Waals surface area contributed by atoms with Crippen molar-refractivity contribution < 1.29 is 29.6 Å². The van der Waals surface area contributed by atoms with Gasteiger partial charge in [0.25, 0.3) is 5.56 Å². The number of carboxylic acid groups (broad SMARTS) is 2. The zero-order valence-electron chi connectivity index (χ0n) is 14.4. The lowest BCUT2D eigenvalue weighted by Gasteiger charge is -2.28. The second-order valence-electron chi connectivity index (χ2n) is 5.75. The van der Waals surface area contributed by atoms with E-state index in [4.69, 9.17) is 24.5 Å². The summed E-state index contributed by atoms with van der Waals surface area (Å²) in [5, 5.41) is 25.4. The van der Waals surface area contributed by atoms with Gasteiger partial charge in [0.15, 0.2) is 5.65 Å². The van der Waals surface area contributed by atoms with Gasteiger partial charge in [0.05, 0.1) is 31.2 Å². The van der Waals surface area contributed by atoms with Crippen molar-refractivity contribution in [2.24, 2.45) is 0 Å². The first-order valence-corrected chi connectivity index (χ1v) is 8.13. The molecule has 0 amide bonds. The zero-order valence-corrected chi connectivity index (χ0v) is 14.4. The molecular weight excluding hydrogens is 360 g/mol. The summed E-state index contributed by atoms with van der Waals surface area (Å²) in [7, 11) is 0. The predicted octanol–water partition coefficient (Wildman–Crippen LogP) is -1.36. The average Bonchev–Trinajstić information content (AvgIpc) is 2.65. The Morgan fingerprint density at radius 2 is 1.81 bits per heavy atom. The van der Waals surface area contributed by atoms with Crippen LogP contribution in [0.3, 0.4) is 0 Å². The van der Waals surface area contributed by atoms with Crippen molar-refractivity contribution >= 4 is 23.0 Å². The van der Waals surface area contributed by atoms with E-state index in [9.17, 15) is 9.90 Å². The summed E-state index contributed by atoms with van der Waals surface area (Å²) < 4.78 is 6.71. The second kappa shape index (κ2) is 9.71. The summed E-state index contributed by atoms with van der Waals surface area (Å²) in [6.45, 7) is 3.76. The number of aliphatic hydroxyl groups is 1. The number of nitrogens with zero attached hydrogens (tertiary/aromatic N) is 4. The van der Waals surface area contributed by atoms with Crippen LogP contribution in [0.25, 0.3) is 11.0 Å². The Hall–Kier alpha value is -2.89. The molecule has 11 nitrogen and oxygen atoms in total. The Bertz CT molecular complexity index is 836. The normalized spacial score (nSPS) is 15.6. The van der Waals surface area contributed by atoms with Crippen molar-refractivity contribution in [1.29, 1.82) is 0 Å². The number of ether oxygens (including phenoxy) is 1. The molecular formula is C16H20N4O7. The minimum atomic E-state index is -1.82. The maximum absolute atomic E-state index is 12.3. The summed E-state index contributed by atoms with van der Waals surface area (Å²) in [6, 6.07) is 3.41. The van der Waals surface area contributed by atoms with Crippen LogP contribution in [0.4, 0.5) is 0 Å². The van der Waals surface area contributed by atoms with Gasteiger partial charge in [-0.05, 0) is 12.1 Å². The fraction of sp³-hybridized carbons (Fsp3) is 0.438. The van der Waals surface area contributed by atoms with E-state index in [-0.39, 0.29) is 12.1 Å². The van der Waals surface area contributed by atoms with Gasteiger partial charge < -0.3 is 20.1 Å². The van der Waals surface area contributed by atoms with Crippen molar-refractivity contribution in [3.05, 3.63) is 35.0 Å². The zero-order chi connectivity index (χ0) is 19.8. The van der Waals surface area contributed by atoms with Crippen LogP contribution in [0.2, 0.25) is 0 Å². The molecule has 0 aliphatic carbocycles. The Labute approximate surface area is 153 Å². The Balaban J connectivity index is 0.000000380. The van der Waals surface area contributed by atoms with Crippen molar-refractivity contribution in [1.82, 2.24) is 19.4 Å². The Morgan fingerprint density at radius 1 is 1.15 bits per heavy atom. The van der Waals surface area contributed by atoms with Crippen molar-refractivity contribution in [2.45, 2.75) is 12.6 Å². The molecule has 0 radical (unpaired) electrons. The van der Waals surface area contributed by atoms with E-state index in [0.29, 0.717) is 30.8 Å². The van der Waals surface area contributed by atoms with Gasteiger partial charge in [-0.1, -0.05) is 0 Å². The third kappa shape index (κ3) is 6.09. The van der Waals surface area contributed by atoms with Gasteiger partial charge in [-0.2, -0.15) is 0 Å². The van der Waals surface area contributed by atoms with E-state index in [1.807, 2.05) is 0 Å². The highest BCUT2D eigenvalue weighted by Gasteiger charge is 2.16. The van der Waals surface area contributed by atoms with Crippen LogP contribution in [0.5, 0.6) is 0 Å². The molecule has 1 saturated heterocycles. The van der Waals surface area contributed by atoms with Crippen molar-refractivity contribution in [2.75, 3.05) is 32.8 Å². The van der Waals surface area contributed by atoms with E-state index in [0.717, 1.165) is 13.1 Å². The molecule has 11 heteroatoms. The molecule has 1 unspecified atom stereocenters. The number of β-amino-alcohol motifs (C(OH)–C–C–N with tert-alkyl or cyclic N) is 1. The van der Waals surface area contributed by atoms with E-state index >= 15 is 0 Å². The molecule has 1 aliphatic heterocycles. The number of morpholine rings is 1. The first-order chi connectivity index (χ1) is 12.9. The minimum absolute atomic E-state index is 0.172. The molecule has 3 N–H and O–H groups in total. The van der Waals surface area contributed by atoms with Crippen molar-refractivity contribution in [3.8, 4) is 0 Å². The van der Waals surface area contributed by atoms with Gasteiger partial charge >= 0.3 is 11.9 Å². The van der Waals surface area contributed by atoms with Gasteiger partial charge in [0.2, 0.25) is 0 Å². The van der Waals surface area contributed by atoms with Crippen LogP contribution in [0.15, 0.2) is 29.5 Å². The quantitative estimate of drug-likeness (QED) is 0.542. The summed E-state index contributed by atoms with van der Waals surface area (Å²) in [5.74, 6) is -3.65. The first-order valence-electron chi connectivity index (χ1n) is 8.13. The molecule has 2 aromatic heterocycles. The highest BCUT2D eigenvalue weighted by molar-refractivity contribution is 6.27. The molecule has 0 spiro atoms. The van der Waals surface area contributed by atoms with E-state index in [2.05, 4.69) is 14.9 Å². The largest absolute Gasteiger partial charge is 0.473 e. The number of aliphatic carboxylic acids is 2. The summed E-state index contributed by atoms with van der Waals surface area (Å²) in [6.07, 6.45) is 2.43. The van der Waals surface area contributed by atoms with E-state index in [1.54, 1.807) is 18.3 Å². The lowest BCUT2D eigenvalue weighted by Crippen LogP contribution is -2.42. The van der Waals surface area contributed by atoms with Crippen LogP contribution < -0.4 is 5.56 Å². The van der Waals surface area contributed by atoms with Gasteiger partial charge in [-0.3, -0.25) is 14.3 Å². The number of carboxylic acids is 2. The highest BCUT2D eigenvalue weighted by Crippen LogP contribution is 2.03. The molecule has 2 aromatic rings. The predicted molar refractivity (Wildman–Crippen MR) is 92.3 cm³/mol. The number of aliphatic hydroxyl groups excluding tert-OH is 1. The average molecular weight is 380 g/mol. The Kier molecular flexibility index (Phi) is 7.34. The number of carbonyl (C=O) groups is 2. The third-order valence-corrected chi connectivity index (χ3v) is 3.76. The molecule has 146 valence electrons. The van der Waals surface area contributed by atoms with Crippen LogP contribution in [0, 0.1) is 0 Å². The summed E-state index contributed by atoms with van der Waals surface area (Å²) >= 11 is 0. The van der Waals surface area contributed by atoms with E-state index in [1.165, 1.54) is 10.9 Å². The number of hydrogen-bond acceptors (Lipinski definition) is 8. The Morgan fingerprint density at radius 3 is 2.44 bits per heavy atom. The maximum atomic E-state index is 12.3. The second-order valence-corrected chi connectivity index (χ2v) is 5.75. The van der Waals surface area contributed by atoms with Gasteiger partial charge in [-0.15, -0.1) is 0 Å². The summed E-state index contributed by atoms with van der Waals surface area (Å²) in [5.41, 5.74) is 0.260. The first kappa shape index (κ1) is 20.4. The van der Waals surface area contributed by atoms with Gasteiger partial charge in [0, 0.05) is 25.8 Å². The monoisotopic (exact) mass is 380 g/mol. The van der Waals surface area contributed by atoms with Crippen LogP contribution in [-0.2, 0) is 20.9 Å². The number of fused-ring (bicyclic) bond motifs is 1. The summed E-state index contributed by atoms with van der Waals surface area (Å²) in [4.78, 5) is 40.8. The number of rotatable bonds is 4.